The summed E-state index contributed by atoms with van der Waals surface area (Å²) in [5.41, 5.74) is 14.2. The maximum absolute atomic E-state index is 11.5. The molecule has 0 atom stereocenters. The molecule has 0 saturated heterocycles. The lowest BCUT2D eigenvalue weighted by molar-refractivity contribution is -0.118. The first-order valence-corrected chi connectivity index (χ1v) is 5.00. The van der Waals surface area contributed by atoms with Gasteiger partial charge in [-0.15, -0.1) is 0 Å². The average Bonchev–Trinajstić information content (AvgIpc) is 2.23. The number of benzene rings is 1. The fourth-order valence-corrected chi connectivity index (χ4v) is 1.88. The summed E-state index contributed by atoms with van der Waals surface area (Å²) in [6, 6.07) is 5.77. The van der Waals surface area contributed by atoms with Crippen LogP contribution >= 0.6 is 0 Å². The van der Waals surface area contributed by atoms with E-state index in [1.54, 1.807) is 11.9 Å². The Hall–Kier alpha value is -1.39. The third-order valence-electron chi connectivity index (χ3n) is 2.83. The first-order chi connectivity index (χ1) is 7.09. The normalized spacial score (nSPS) is 15.7. The topological polar surface area (TPSA) is 72.3 Å². The van der Waals surface area contributed by atoms with Gasteiger partial charge >= 0.3 is 0 Å². The lowest BCUT2D eigenvalue weighted by Crippen LogP contribution is -2.31. The zero-order chi connectivity index (χ0) is 11.0. The highest BCUT2D eigenvalue weighted by Gasteiger charge is 2.20. The van der Waals surface area contributed by atoms with Gasteiger partial charge in [0, 0.05) is 19.2 Å². The van der Waals surface area contributed by atoms with Crippen LogP contribution in [-0.2, 0) is 11.2 Å². The summed E-state index contributed by atoms with van der Waals surface area (Å²) >= 11 is 0. The van der Waals surface area contributed by atoms with Crippen LogP contribution in [-0.4, -0.2) is 13.0 Å². The molecule has 4 nitrogen and oxygen atoms in total. The second-order valence-electron chi connectivity index (χ2n) is 3.87. The summed E-state index contributed by atoms with van der Waals surface area (Å²) in [6.07, 6.45) is 0.893. The number of amides is 1. The third-order valence-corrected chi connectivity index (χ3v) is 2.83. The Bertz CT molecular complexity index is 401. The highest BCUT2D eigenvalue weighted by molar-refractivity contribution is 5.95. The van der Waals surface area contributed by atoms with E-state index < -0.39 is 6.17 Å². The Morgan fingerprint density at radius 1 is 1.33 bits per heavy atom. The number of nitrogens with zero attached hydrogens (tertiary/aromatic N) is 1. The second-order valence-corrected chi connectivity index (χ2v) is 3.87. The van der Waals surface area contributed by atoms with Crippen molar-refractivity contribution < 1.29 is 4.79 Å². The van der Waals surface area contributed by atoms with Crippen LogP contribution in [0.4, 0.5) is 5.69 Å². The molecule has 0 unspecified atom stereocenters. The summed E-state index contributed by atoms with van der Waals surface area (Å²) in [5, 5.41) is 0. The van der Waals surface area contributed by atoms with E-state index >= 15 is 0 Å². The molecule has 0 spiro atoms. The lowest BCUT2D eigenvalue weighted by atomic mass is 9.98. The molecule has 4 N–H and O–H groups in total. The van der Waals surface area contributed by atoms with E-state index in [1.807, 2.05) is 18.2 Å². The number of aryl methyl sites for hydroxylation is 1. The van der Waals surface area contributed by atoms with E-state index in [0.717, 1.165) is 23.2 Å². The largest absolute Gasteiger partial charge is 0.315 e. The van der Waals surface area contributed by atoms with Crippen LogP contribution in [0.5, 0.6) is 0 Å². The molecule has 1 aliphatic rings. The van der Waals surface area contributed by atoms with Crippen molar-refractivity contribution in [3.8, 4) is 0 Å². The van der Waals surface area contributed by atoms with E-state index in [4.69, 9.17) is 11.5 Å². The number of anilines is 1. The molecule has 0 saturated carbocycles. The van der Waals surface area contributed by atoms with Gasteiger partial charge in [-0.1, -0.05) is 12.1 Å². The molecule has 1 aliphatic heterocycles. The monoisotopic (exact) mass is 205 g/mol. The molecule has 1 aromatic carbocycles. The predicted octanol–water partition coefficient (Wildman–Crippen LogP) is 0.512. The van der Waals surface area contributed by atoms with Crippen molar-refractivity contribution >= 4 is 11.6 Å². The van der Waals surface area contributed by atoms with E-state index in [-0.39, 0.29) is 5.91 Å². The Labute approximate surface area is 88.9 Å². The molecule has 4 heteroatoms. The molecule has 2 rings (SSSR count). The van der Waals surface area contributed by atoms with Gasteiger partial charge < -0.3 is 16.4 Å². The quantitative estimate of drug-likeness (QED) is 0.656. The van der Waals surface area contributed by atoms with Crippen LogP contribution in [0.2, 0.25) is 0 Å². The maximum Gasteiger partial charge on any atom is 0.227 e. The zero-order valence-electron chi connectivity index (χ0n) is 8.73. The van der Waals surface area contributed by atoms with Crippen molar-refractivity contribution in [3.05, 3.63) is 29.3 Å². The molecule has 0 radical (unpaired) electrons. The predicted molar refractivity (Wildman–Crippen MR) is 59.3 cm³/mol. The number of carbonyl (C=O) groups excluding carboxylic acids is 1. The first kappa shape index (κ1) is 10.1. The molecule has 0 fully saturated rings. The number of fused-ring (bicyclic) bond motifs is 1. The van der Waals surface area contributed by atoms with Gasteiger partial charge in [0.2, 0.25) is 5.91 Å². The van der Waals surface area contributed by atoms with E-state index in [9.17, 15) is 4.79 Å². The molecule has 1 aromatic rings. The lowest BCUT2D eigenvalue weighted by Gasteiger charge is -2.26. The fourth-order valence-electron chi connectivity index (χ4n) is 1.88. The Kier molecular flexibility index (Phi) is 2.46. The molecule has 0 aromatic heterocycles. The molecule has 0 aliphatic carbocycles. The van der Waals surface area contributed by atoms with Crippen molar-refractivity contribution in [2.45, 2.75) is 19.0 Å². The van der Waals surface area contributed by atoms with Crippen molar-refractivity contribution in [2.24, 2.45) is 11.5 Å². The van der Waals surface area contributed by atoms with E-state index in [2.05, 4.69) is 0 Å². The molecule has 1 heterocycles. The third kappa shape index (κ3) is 1.73. The summed E-state index contributed by atoms with van der Waals surface area (Å²) in [7, 11) is 1.79. The van der Waals surface area contributed by atoms with Gasteiger partial charge in [-0.3, -0.25) is 4.79 Å². The van der Waals surface area contributed by atoms with Crippen molar-refractivity contribution in [1.82, 2.24) is 0 Å². The Balaban J connectivity index is 2.42. The van der Waals surface area contributed by atoms with Gasteiger partial charge in [-0.2, -0.15) is 0 Å². The summed E-state index contributed by atoms with van der Waals surface area (Å²) in [5.74, 6) is 0.160. The van der Waals surface area contributed by atoms with E-state index in [1.165, 1.54) is 0 Å². The first-order valence-electron chi connectivity index (χ1n) is 5.00. The van der Waals surface area contributed by atoms with Crippen molar-refractivity contribution in [1.29, 1.82) is 0 Å². The van der Waals surface area contributed by atoms with Crippen molar-refractivity contribution in [3.63, 3.8) is 0 Å². The molecule has 15 heavy (non-hydrogen) atoms. The maximum atomic E-state index is 11.5. The number of hydrogen-bond acceptors (Lipinski definition) is 3. The van der Waals surface area contributed by atoms with Gasteiger partial charge in [0.1, 0.15) is 0 Å². The van der Waals surface area contributed by atoms with Gasteiger partial charge in [0.15, 0.2) is 0 Å². The second kappa shape index (κ2) is 3.64. The van der Waals surface area contributed by atoms with Crippen LogP contribution in [0.15, 0.2) is 18.2 Å². The smallest absolute Gasteiger partial charge is 0.227 e. The van der Waals surface area contributed by atoms with Crippen LogP contribution in [0.3, 0.4) is 0 Å². The summed E-state index contributed by atoms with van der Waals surface area (Å²) < 4.78 is 0. The number of hydrogen-bond donors (Lipinski definition) is 2. The zero-order valence-corrected chi connectivity index (χ0v) is 8.73. The minimum absolute atomic E-state index is 0.160. The Morgan fingerprint density at radius 2 is 2.07 bits per heavy atom. The molecule has 1 amide bonds. The van der Waals surface area contributed by atoms with Crippen molar-refractivity contribution in [2.75, 3.05) is 11.9 Å². The highest BCUT2D eigenvalue weighted by atomic mass is 16.2. The molecular weight excluding hydrogens is 190 g/mol. The standard InChI is InChI=1S/C11H15N3O/c1-14-9-4-2-8(11(12)13)6-7(9)3-5-10(14)15/h2,4,6,11H,3,5,12-13H2,1H3. The highest BCUT2D eigenvalue weighted by Crippen LogP contribution is 2.28. The number of carbonyl (C=O) groups is 1. The summed E-state index contributed by atoms with van der Waals surface area (Å²) in [4.78, 5) is 13.1. The van der Waals surface area contributed by atoms with Gasteiger partial charge in [0.05, 0.1) is 6.17 Å². The molecule has 80 valence electrons. The Morgan fingerprint density at radius 3 is 2.73 bits per heavy atom. The van der Waals surface area contributed by atoms with Crippen LogP contribution in [0.1, 0.15) is 23.7 Å². The van der Waals surface area contributed by atoms with Gasteiger partial charge in [-0.25, -0.2) is 0 Å². The fraction of sp³-hybridized carbons (Fsp3) is 0.364. The number of rotatable bonds is 1. The van der Waals surface area contributed by atoms with Gasteiger partial charge in [0.25, 0.3) is 0 Å². The van der Waals surface area contributed by atoms with E-state index in [0.29, 0.717) is 6.42 Å². The summed E-state index contributed by atoms with van der Waals surface area (Å²) in [6.45, 7) is 0. The van der Waals surface area contributed by atoms with Crippen LogP contribution in [0.25, 0.3) is 0 Å². The average molecular weight is 205 g/mol. The minimum atomic E-state index is -0.446. The minimum Gasteiger partial charge on any atom is -0.315 e. The molecular formula is C11H15N3O. The van der Waals surface area contributed by atoms with Crippen LogP contribution in [0, 0.1) is 0 Å². The number of nitrogens with two attached hydrogens (primary N) is 2. The SMILES string of the molecule is CN1C(=O)CCc2cc(C(N)N)ccc21. The van der Waals surface area contributed by atoms with Gasteiger partial charge in [-0.05, 0) is 23.6 Å². The van der Waals surface area contributed by atoms with Crippen LogP contribution < -0.4 is 16.4 Å². The molecule has 0 bridgehead atoms.